The molecule has 2 rings (SSSR count). The monoisotopic (exact) mass is 254 g/mol. The summed E-state index contributed by atoms with van der Waals surface area (Å²) in [7, 11) is 0. The van der Waals surface area contributed by atoms with Crippen LogP contribution in [-0.4, -0.2) is 41.8 Å². The number of halogens is 1. The summed E-state index contributed by atoms with van der Waals surface area (Å²) in [6.07, 6.45) is 4.68. The number of dihydropyridines is 1. The van der Waals surface area contributed by atoms with Crippen molar-refractivity contribution in [2.45, 2.75) is 18.5 Å². The van der Waals surface area contributed by atoms with Crippen LogP contribution >= 0.6 is 11.6 Å². The Morgan fingerprint density at radius 2 is 2.29 bits per heavy atom. The molecule has 3 atom stereocenters. The zero-order valence-corrected chi connectivity index (χ0v) is 9.92. The number of carbonyl (C=O) groups is 2. The average Bonchev–Trinajstić information content (AvgIpc) is 2.30. The number of ether oxygens (including phenoxy) is 1. The molecule has 6 heteroatoms. The average molecular weight is 255 g/mol. The summed E-state index contributed by atoms with van der Waals surface area (Å²) < 4.78 is 4.80. The van der Waals surface area contributed by atoms with Gasteiger partial charge < -0.3 is 4.74 Å². The predicted molar refractivity (Wildman–Crippen MR) is 63.6 cm³/mol. The Morgan fingerprint density at radius 1 is 1.53 bits per heavy atom. The maximum atomic E-state index is 12.0. The van der Waals surface area contributed by atoms with Crippen LogP contribution in [0.5, 0.6) is 0 Å². The number of fused-ring (bicyclic) bond motifs is 1. The van der Waals surface area contributed by atoms with Crippen LogP contribution in [0.25, 0.3) is 0 Å². The van der Waals surface area contributed by atoms with Gasteiger partial charge in [0.1, 0.15) is 17.3 Å². The molecule has 0 fully saturated rings. The van der Waals surface area contributed by atoms with Crippen molar-refractivity contribution in [1.82, 2.24) is 0 Å². The third-order valence-corrected chi connectivity index (χ3v) is 2.71. The zero-order valence-electron chi connectivity index (χ0n) is 9.17. The summed E-state index contributed by atoms with van der Waals surface area (Å²) in [5, 5.41) is 0. The van der Waals surface area contributed by atoms with Crippen LogP contribution in [0.3, 0.4) is 0 Å². The molecule has 0 aromatic carbocycles. The number of nitrogens with zero attached hydrogens (tertiary/aromatic N) is 2. The maximum absolute atomic E-state index is 12.0. The molecule has 0 aromatic rings. The fraction of sp³-hybridized carbons (Fsp3) is 0.455. The molecule has 0 saturated heterocycles. The lowest BCUT2D eigenvalue weighted by Crippen LogP contribution is -2.42. The van der Waals surface area contributed by atoms with Gasteiger partial charge in [-0.1, -0.05) is 17.7 Å². The number of esters is 1. The zero-order chi connectivity index (χ0) is 12.4. The highest BCUT2D eigenvalue weighted by molar-refractivity contribution is 6.50. The predicted octanol–water partition coefficient (Wildman–Crippen LogP) is 0.763. The molecule has 17 heavy (non-hydrogen) atoms. The van der Waals surface area contributed by atoms with Crippen molar-refractivity contribution in [3.8, 4) is 0 Å². The van der Waals surface area contributed by atoms with Crippen molar-refractivity contribution in [2.24, 2.45) is 15.9 Å². The van der Waals surface area contributed by atoms with E-state index in [2.05, 4.69) is 9.98 Å². The van der Waals surface area contributed by atoms with Gasteiger partial charge in [0.05, 0.1) is 6.61 Å². The van der Waals surface area contributed by atoms with E-state index < -0.39 is 23.4 Å². The van der Waals surface area contributed by atoms with Crippen LogP contribution in [0.15, 0.2) is 22.1 Å². The Bertz CT molecular complexity index is 442. The van der Waals surface area contributed by atoms with Gasteiger partial charge in [-0.3, -0.25) is 19.6 Å². The minimum absolute atomic E-state index is 0.227. The van der Waals surface area contributed by atoms with Gasteiger partial charge in [0, 0.05) is 6.21 Å². The van der Waals surface area contributed by atoms with Crippen LogP contribution < -0.4 is 0 Å². The number of ketones is 1. The van der Waals surface area contributed by atoms with Crippen LogP contribution in [0.4, 0.5) is 0 Å². The highest BCUT2D eigenvalue weighted by atomic mass is 35.5. The van der Waals surface area contributed by atoms with Crippen molar-refractivity contribution in [1.29, 1.82) is 0 Å². The van der Waals surface area contributed by atoms with E-state index in [4.69, 9.17) is 16.3 Å². The first-order valence-corrected chi connectivity index (χ1v) is 5.71. The van der Waals surface area contributed by atoms with Gasteiger partial charge in [-0.2, -0.15) is 0 Å². The fourth-order valence-electron chi connectivity index (χ4n) is 1.68. The topological polar surface area (TPSA) is 68.1 Å². The molecular weight excluding hydrogens is 244 g/mol. The molecule has 3 unspecified atom stereocenters. The molecule has 2 heterocycles. The van der Waals surface area contributed by atoms with Gasteiger partial charge in [-0.05, 0) is 13.0 Å². The van der Waals surface area contributed by atoms with Gasteiger partial charge in [0.25, 0.3) is 0 Å². The number of Topliss-reactive ketones (excluding diaryl/α,β-unsaturated/α-hetero) is 1. The second-order valence-corrected chi connectivity index (χ2v) is 4.06. The summed E-state index contributed by atoms with van der Waals surface area (Å²) >= 11 is 5.80. The van der Waals surface area contributed by atoms with Crippen molar-refractivity contribution in [3.05, 3.63) is 12.2 Å². The molecule has 0 bridgehead atoms. The quantitative estimate of drug-likeness (QED) is 0.240. The number of carbonyl (C=O) groups excluding carboxylic acids is 2. The second kappa shape index (κ2) is 4.79. The first-order valence-electron chi connectivity index (χ1n) is 5.27. The largest absolute Gasteiger partial charge is 0.465 e. The van der Waals surface area contributed by atoms with Gasteiger partial charge in [0.2, 0.25) is 0 Å². The Morgan fingerprint density at radius 3 is 3.00 bits per heavy atom. The van der Waals surface area contributed by atoms with Gasteiger partial charge in [0.15, 0.2) is 11.7 Å². The van der Waals surface area contributed by atoms with Crippen molar-refractivity contribution < 1.29 is 14.3 Å². The molecular formula is C11H11ClN2O3. The Balaban J connectivity index is 2.25. The SMILES string of the molecule is CCOC(=O)C1C=NC2C=CC(Cl)N=C2C1=O. The standard InChI is InChI=1S/C11H11ClN2O3/c1-2-17-11(16)6-5-13-7-3-4-8(12)14-9(7)10(6)15/h3-8H,2H2,1H3. The van der Waals surface area contributed by atoms with Gasteiger partial charge in [-0.15, -0.1) is 0 Å². The maximum Gasteiger partial charge on any atom is 0.322 e. The summed E-state index contributed by atoms with van der Waals surface area (Å²) in [5.41, 5.74) is -0.339. The third-order valence-electron chi connectivity index (χ3n) is 2.47. The summed E-state index contributed by atoms with van der Waals surface area (Å²) in [6.45, 7) is 1.91. The van der Waals surface area contributed by atoms with E-state index in [0.717, 1.165) is 0 Å². The molecule has 0 spiro atoms. The number of aliphatic imine (C=N–C) groups is 2. The molecule has 0 radical (unpaired) electrons. The van der Waals surface area contributed by atoms with E-state index in [1.54, 1.807) is 19.1 Å². The van der Waals surface area contributed by atoms with Crippen LogP contribution in [0.1, 0.15) is 6.92 Å². The second-order valence-electron chi connectivity index (χ2n) is 3.61. The molecule has 0 saturated carbocycles. The Hall–Kier alpha value is -1.49. The molecule has 5 nitrogen and oxygen atoms in total. The summed E-state index contributed by atoms with van der Waals surface area (Å²) in [6, 6.07) is -0.414. The number of alkyl halides is 1. The highest BCUT2D eigenvalue weighted by Gasteiger charge is 2.37. The molecule has 0 amide bonds. The molecule has 90 valence electrons. The van der Waals surface area contributed by atoms with Gasteiger partial charge >= 0.3 is 5.97 Å². The van der Waals surface area contributed by atoms with E-state index in [0.29, 0.717) is 0 Å². The highest BCUT2D eigenvalue weighted by Crippen LogP contribution is 2.19. The Kier molecular flexibility index (Phi) is 3.38. The minimum atomic E-state index is -0.986. The molecule has 0 aromatic heterocycles. The van der Waals surface area contributed by atoms with Crippen molar-refractivity contribution in [2.75, 3.05) is 6.61 Å². The lowest BCUT2D eigenvalue weighted by molar-refractivity contribution is -0.147. The van der Waals surface area contributed by atoms with E-state index in [1.165, 1.54) is 6.21 Å². The number of hydrogen-bond donors (Lipinski definition) is 0. The van der Waals surface area contributed by atoms with Crippen LogP contribution in [0, 0.1) is 5.92 Å². The van der Waals surface area contributed by atoms with E-state index in [-0.39, 0.29) is 18.1 Å². The third kappa shape index (κ3) is 2.29. The first-order chi connectivity index (χ1) is 8.13. The van der Waals surface area contributed by atoms with Crippen LogP contribution in [-0.2, 0) is 14.3 Å². The van der Waals surface area contributed by atoms with Crippen LogP contribution in [0.2, 0.25) is 0 Å². The smallest absolute Gasteiger partial charge is 0.322 e. The summed E-state index contributed by atoms with van der Waals surface area (Å²) in [4.78, 5) is 31.6. The normalized spacial score (nSPS) is 30.8. The molecule has 2 aliphatic heterocycles. The molecule has 0 aliphatic carbocycles. The lowest BCUT2D eigenvalue weighted by atomic mass is 9.92. The van der Waals surface area contributed by atoms with E-state index in [1.807, 2.05) is 0 Å². The molecule has 0 N–H and O–H groups in total. The van der Waals surface area contributed by atoms with Crippen molar-refractivity contribution >= 4 is 35.3 Å². The number of hydrogen-bond acceptors (Lipinski definition) is 5. The lowest BCUT2D eigenvalue weighted by Gasteiger charge is -2.23. The molecule has 2 aliphatic rings. The number of rotatable bonds is 2. The van der Waals surface area contributed by atoms with Gasteiger partial charge in [-0.25, -0.2) is 0 Å². The minimum Gasteiger partial charge on any atom is -0.465 e. The first kappa shape index (κ1) is 12.0. The van der Waals surface area contributed by atoms with Crippen molar-refractivity contribution in [3.63, 3.8) is 0 Å². The van der Waals surface area contributed by atoms with E-state index >= 15 is 0 Å². The Labute approximate surface area is 103 Å². The fourth-order valence-corrected chi connectivity index (χ4v) is 1.86. The van der Waals surface area contributed by atoms with E-state index in [9.17, 15) is 9.59 Å². The summed E-state index contributed by atoms with van der Waals surface area (Å²) in [5.74, 6) is -1.96.